The molecule has 1 atom stereocenters. The van der Waals surface area contributed by atoms with Crippen LogP contribution in [0.4, 0.5) is 17.2 Å². The van der Waals surface area contributed by atoms with Crippen molar-refractivity contribution in [1.29, 1.82) is 0 Å². The Bertz CT molecular complexity index is 1230. The first-order valence-corrected chi connectivity index (χ1v) is 10.2. The van der Waals surface area contributed by atoms with Crippen molar-refractivity contribution < 1.29 is 4.57 Å². The van der Waals surface area contributed by atoms with Gasteiger partial charge in [0.25, 0.3) is 5.82 Å². The summed E-state index contributed by atoms with van der Waals surface area (Å²) >= 11 is 0. The molecule has 0 N–H and O–H groups in total. The van der Waals surface area contributed by atoms with Gasteiger partial charge in [0, 0.05) is 18.7 Å². The van der Waals surface area contributed by atoms with Crippen molar-refractivity contribution in [2.24, 2.45) is 7.05 Å². The maximum absolute atomic E-state index is 2.43. The molecular weight excluding hydrogens is 354 g/mol. The smallest absolute Gasteiger partial charge is 0.283 e. The zero-order chi connectivity index (χ0) is 20.1. The second kappa shape index (κ2) is 6.63. The molecule has 3 heteroatoms. The second-order valence-electron chi connectivity index (χ2n) is 7.94. The number of benzene rings is 3. The van der Waals surface area contributed by atoms with Crippen molar-refractivity contribution in [3.63, 3.8) is 0 Å². The molecule has 3 aromatic carbocycles. The Morgan fingerprint density at radius 2 is 1.45 bits per heavy atom. The summed E-state index contributed by atoms with van der Waals surface area (Å²) in [5.41, 5.74) is 6.33. The van der Waals surface area contributed by atoms with Gasteiger partial charge < -0.3 is 4.90 Å². The maximum atomic E-state index is 2.43. The highest BCUT2D eigenvalue weighted by Crippen LogP contribution is 2.42. The van der Waals surface area contributed by atoms with E-state index >= 15 is 0 Å². The molecule has 2 heterocycles. The summed E-state index contributed by atoms with van der Waals surface area (Å²) in [6, 6.07) is 28.4. The monoisotopic (exact) mass is 380 g/mol. The molecule has 144 valence electrons. The number of rotatable bonds is 2. The van der Waals surface area contributed by atoms with Gasteiger partial charge in [-0.05, 0) is 60.5 Å². The number of pyridine rings is 1. The normalized spacial score (nSPS) is 15.8. The first-order valence-electron chi connectivity index (χ1n) is 10.2. The Labute approximate surface area is 172 Å². The predicted octanol–water partition coefficient (Wildman–Crippen LogP) is 5.57. The lowest BCUT2D eigenvalue weighted by Crippen LogP contribution is -2.44. The molecule has 0 saturated carbocycles. The predicted molar refractivity (Wildman–Crippen MR) is 122 cm³/mol. The van der Waals surface area contributed by atoms with Gasteiger partial charge in [-0.25, -0.2) is 9.47 Å². The van der Waals surface area contributed by atoms with Crippen LogP contribution in [0.5, 0.6) is 0 Å². The first kappa shape index (κ1) is 17.7. The molecule has 0 bridgehead atoms. The van der Waals surface area contributed by atoms with Gasteiger partial charge in [0.15, 0.2) is 11.9 Å². The topological polar surface area (TPSA) is 10.4 Å². The molecule has 1 aromatic heterocycles. The van der Waals surface area contributed by atoms with Crippen LogP contribution >= 0.6 is 0 Å². The van der Waals surface area contributed by atoms with Crippen molar-refractivity contribution >= 4 is 28.0 Å². The van der Waals surface area contributed by atoms with E-state index in [0.29, 0.717) is 0 Å². The molecule has 0 aliphatic carbocycles. The summed E-state index contributed by atoms with van der Waals surface area (Å²) in [5, 5.41) is 2.56. The van der Waals surface area contributed by atoms with Gasteiger partial charge in [0.05, 0.1) is 12.7 Å². The van der Waals surface area contributed by atoms with E-state index < -0.39 is 0 Å². The lowest BCUT2D eigenvalue weighted by atomic mass is 9.99. The number of aryl methyl sites for hydroxylation is 1. The zero-order valence-electron chi connectivity index (χ0n) is 17.4. The van der Waals surface area contributed by atoms with Gasteiger partial charge in [-0.15, -0.1) is 0 Å². The summed E-state index contributed by atoms with van der Waals surface area (Å²) in [6.45, 7) is 4.46. The lowest BCUT2D eigenvalue weighted by Gasteiger charge is -2.22. The van der Waals surface area contributed by atoms with Crippen LogP contribution in [0, 0.1) is 6.92 Å². The van der Waals surface area contributed by atoms with Gasteiger partial charge in [0.2, 0.25) is 0 Å². The van der Waals surface area contributed by atoms with Crippen LogP contribution in [0.2, 0.25) is 0 Å². The van der Waals surface area contributed by atoms with Gasteiger partial charge >= 0.3 is 0 Å². The molecule has 4 aromatic rings. The third kappa shape index (κ3) is 2.69. The van der Waals surface area contributed by atoms with E-state index in [1.54, 1.807) is 0 Å². The standard InChI is InChI=1S/C26H26N3/c1-18-16-20-10-5-6-11-21(20)17-22(18)23-14-9-15-26(28(23)4)29-19(2)27(3)24-12-7-8-13-25(24)29/h5-17,19H,1-4H3/q+1/t19-/m1/s1. The van der Waals surface area contributed by atoms with Crippen molar-refractivity contribution in [3.05, 3.63) is 84.4 Å². The molecule has 0 fully saturated rings. The average Bonchev–Trinajstić information content (AvgIpc) is 2.99. The van der Waals surface area contributed by atoms with E-state index in [2.05, 4.69) is 121 Å². The van der Waals surface area contributed by atoms with Crippen LogP contribution in [-0.2, 0) is 7.05 Å². The number of aromatic nitrogens is 1. The van der Waals surface area contributed by atoms with Crippen LogP contribution in [0.25, 0.3) is 22.0 Å². The first-order chi connectivity index (χ1) is 14.1. The summed E-state index contributed by atoms with van der Waals surface area (Å²) < 4.78 is 2.32. The number of anilines is 3. The van der Waals surface area contributed by atoms with Crippen LogP contribution in [0.15, 0.2) is 78.9 Å². The van der Waals surface area contributed by atoms with E-state index in [4.69, 9.17) is 0 Å². The van der Waals surface area contributed by atoms with Crippen molar-refractivity contribution in [3.8, 4) is 11.3 Å². The van der Waals surface area contributed by atoms with Crippen molar-refractivity contribution in [1.82, 2.24) is 0 Å². The molecule has 0 saturated heterocycles. The fourth-order valence-electron chi connectivity index (χ4n) is 4.57. The van der Waals surface area contributed by atoms with Gasteiger partial charge in [0.1, 0.15) is 5.69 Å². The van der Waals surface area contributed by atoms with Crippen molar-refractivity contribution in [2.45, 2.75) is 20.0 Å². The lowest BCUT2D eigenvalue weighted by molar-refractivity contribution is -0.647. The number of hydrogen-bond donors (Lipinski definition) is 0. The summed E-state index contributed by atoms with van der Waals surface area (Å²) in [6.07, 6.45) is 0.256. The zero-order valence-corrected chi connectivity index (χ0v) is 17.4. The molecule has 1 aliphatic heterocycles. The summed E-state index contributed by atoms with van der Waals surface area (Å²) in [5.74, 6) is 1.19. The highest BCUT2D eigenvalue weighted by molar-refractivity contribution is 5.88. The quantitative estimate of drug-likeness (QED) is 0.421. The molecule has 29 heavy (non-hydrogen) atoms. The Hall–Kier alpha value is -3.33. The third-order valence-corrected chi connectivity index (χ3v) is 6.28. The minimum absolute atomic E-state index is 0.256. The fourth-order valence-corrected chi connectivity index (χ4v) is 4.57. The van der Waals surface area contributed by atoms with Gasteiger partial charge in [-0.2, -0.15) is 0 Å². The molecule has 0 spiro atoms. The average molecular weight is 381 g/mol. The fraction of sp³-hybridized carbons (Fsp3) is 0.192. The molecule has 1 aliphatic rings. The number of nitrogens with zero attached hydrogens (tertiary/aromatic N) is 3. The third-order valence-electron chi connectivity index (χ3n) is 6.28. The van der Waals surface area contributed by atoms with Crippen LogP contribution < -0.4 is 14.4 Å². The Morgan fingerprint density at radius 3 is 2.21 bits per heavy atom. The van der Waals surface area contributed by atoms with Crippen LogP contribution in [0.1, 0.15) is 12.5 Å². The molecular formula is C26H26N3+. The number of hydrogen-bond acceptors (Lipinski definition) is 2. The molecule has 0 unspecified atom stereocenters. The van der Waals surface area contributed by atoms with E-state index in [-0.39, 0.29) is 6.17 Å². The molecule has 3 nitrogen and oxygen atoms in total. The second-order valence-corrected chi connectivity index (χ2v) is 7.94. The maximum Gasteiger partial charge on any atom is 0.283 e. The molecule has 0 radical (unpaired) electrons. The number of para-hydroxylation sites is 2. The SMILES string of the molecule is Cc1cc2ccccc2cc1-c1cccc(N2c3ccccc3N(C)[C@H]2C)[n+]1C. The van der Waals surface area contributed by atoms with Crippen LogP contribution in [0.3, 0.4) is 0 Å². The molecule has 5 rings (SSSR count). The van der Waals surface area contributed by atoms with Crippen molar-refractivity contribution in [2.75, 3.05) is 16.8 Å². The highest BCUT2D eigenvalue weighted by Gasteiger charge is 2.39. The Morgan fingerprint density at radius 1 is 0.793 bits per heavy atom. The van der Waals surface area contributed by atoms with E-state index in [9.17, 15) is 0 Å². The van der Waals surface area contributed by atoms with E-state index in [1.807, 2.05) is 0 Å². The number of fused-ring (bicyclic) bond motifs is 2. The summed E-state index contributed by atoms with van der Waals surface area (Å²) in [4.78, 5) is 4.76. The largest absolute Gasteiger partial charge is 0.333 e. The highest BCUT2D eigenvalue weighted by atomic mass is 15.4. The van der Waals surface area contributed by atoms with E-state index in [0.717, 1.165) is 0 Å². The minimum Gasteiger partial charge on any atom is -0.333 e. The van der Waals surface area contributed by atoms with Crippen LogP contribution in [-0.4, -0.2) is 13.2 Å². The minimum atomic E-state index is 0.256. The molecule has 0 amide bonds. The summed E-state index contributed by atoms with van der Waals surface area (Å²) in [7, 11) is 4.34. The Balaban J connectivity index is 1.68. The van der Waals surface area contributed by atoms with Gasteiger partial charge in [-0.3, -0.25) is 0 Å². The van der Waals surface area contributed by atoms with Gasteiger partial charge in [-0.1, -0.05) is 42.5 Å². The Kier molecular flexibility index (Phi) is 4.06. The van der Waals surface area contributed by atoms with E-state index in [1.165, 1.54) is 44.8 Å².